The molecule has 1 aromatic heterocycles. The number of nitrogens with zero attached hydrogens (tertiary/aromatic N) is 1. The van der Waals surface area contributed by atoms with Gasteiger partial charge >= 0.3 is 0 Å². The molecule has 1 aromatic carbocycles. The first-order chi connectivity index (χ1) is 8.21. The fourth-order valence-electron chi connectivity index (χ4n) is 1.86. The number of hydrogen-bond donors (Lipinski definition) is 0. The molecule has 0 amide bonds. The van der Waals surface area contributed by atoms with Gasteiger partial charge in [0, 0.05) is 12.7 Å². The van der Waals surface area contributed by atoms with Crippen LogP contribution in [-0.4, -0.2) is 18.8 Å². The predicted octanol–water partition coefficient (Wildman–Crippen LogP) is 2.04. The van der Waals surface area contributed by atoms with Gasteiger partial charge in [-0.15, -0.1) is 0 Å². The second kappa shape index (κ2) is 4.49. The van der Waals surface area contributed by atoms with Gasteiger partial charge in [-0.3, -0.25) is 4.79 Å². The van der Waals surface area contributed by atoms with Crippen LogP contribution in [0.3, 0.4) is 0 Å². The molecule has 0 bridgehead atoms. The average molecular weight is 233 g/mol. The molecule has 90 valence electrons. The molecule has 0 aliphatic heterocycles. The van der Waals surface area contributed by atoms with Crippen LogP contribution in [0.25, 0.3) is 10.8 Å². The summed E-state index contributed by atoms with van der Waals surface area (Å²) in [7, 11) is 3.14. The van der Waals surface area contributed by atoms with E-state index in [-0.39, 0.29) is 5.56 Å². The van der Waals surface area contributed by atoms with Crippen LogP contribution >= 0.6 is 0 Å². The standard InChI is InChI=1S/C13H15NO3/c1-4-14-6-5-9-7-11(16-2)12(17-3)8-10(9)13(14)15/h5-8H,4H2,1-3H3. The number of aromatic nitrogens is 1. The maximum Gasteiger partial charge on any atom is 0.258 e. The van der Waals surface area contributed by atoms with Gasteiger partial charge in [-0.05, 0) is 30.5 Å². The molecular weight excluding hydrogens is 218 g/mol. The molecule has 0 radical (unpaired) electrons. The van der Waals surface area contributed by atoms with E-state index in [1.807, 2.05) is 19.1 Å². The van der Waals surface area contributed by atoms with Crippen LogP contribution in [0.1, 0.15) is 6.92 Å². The number of aryl methyl sites for hydroxylation is 1. The van der Waals surface area contributed by atoms with Gasteiger partial charge in [-0.25, -0.2) is 0 Å². The third-order valence-electron chi connectivity index (χ3n) is 2.82. The van der Waals surface area contributed by atoms with Gasteiger partial charge in [0.25, 0.3) is 5.56 Å². The van der Waals surface area contributed by atoms with Gasteiger partial charge in [0.2, 0.25) is 0 Å². The third kappa shape index (κ3) is 1.86. The van der Waals surface area contributed by atoms with E-state index in [1.165, 1.54) is 0 Å². The van der Waals surface area contributed by atoms with Gasteiger partial charge in [0.1, 0.15) is 0 Å². The second-order valence-corrected chi connectivity index (χ2v) is 3.70. The largest absolute Gasteiger partial charge is 0.493 e. The Hall–Kier alpha value is -1.97. The second-order valence-electron chi connectivity index (χ2n) is 3.70. The summed E-state index contributed by atoms with van der Waals surface area (Å²) < 4.78 is 12.1. The summed E-state index contributed by atoms with van der Waals surface area (Å²) in [5, 5.41) is 1.50. The highest BCUT2D eigenvalue weighted by Crippen LogP contribution is 2.30. The SMILES string of the molecule is CCn1ccc2cc(OC)c(OC)cc2c1=O. The molecule has 0 saturated carbocycles. The molecular formula is C13H15NO3. The fraction of sp³-hybridized carbons (Fsp3) is 0.308. The van der Waals surface area contributed by atoms with Crippen molar-refractivity contribution in [2.24, 2.45) is 0 Å². The number of benzene rings is 1. The molecule has 0 aliphatic carbocycles. The minimum Gasteiger partial charge on any atom is -0.493 e. The predicted molar refractivity (Wildman–Crippen MR) is 67.0 cm³/mol. The van der Waals surface area contributed by atoms with Crippen molar-refractivity contribution in [3.05, 3.63) is 34.7 Å². The Morgan fingerprint density at radius 3 is 2.41 bits per heavy atom. The highest BCUT2D eigenvalue weighted by atomic mass is 16.5. The van der Waals surface area contributed by atoms with Crippen molar-refractivity contribution < 1.29 is 9.47 Å². The maximum atomic E-state index is 12.1. The molecule has 0 spiro atoms. The molecule has 0 unspecified atom stereocenters. The maximum absolute atomic E-state index is 12.1. The molecule has 1 heterocycles. The van der Waals surface area contributed by atoms with Crippen LogP contribution in [-0.2, 0) is 6.54 Å². The third-order valence-corrected chi connectivity index (χ3v) is 2.82. The zero-order chi connectivity index (χ0) is 12.4. The topological polar surface area (TPSA) is 40.5 Å². The number of methoxy groups -OCH3 is 2. The van der Waals surface area contributed by atoms with E-state index >= 15 is 0 Å². The van der Waals surface area contributed by atoms with Crippen LogP contribution in [0, 0.1) is 0 Å². The molecule has 0 aliphatic rings. The molecule has 17 heavy (non-hydrogen) atoms. The van der Waals surface area contributed by atoms with Crippen molar-refractivity contribution in [2.75, 3.05) is 14.2 Å². The lowest BCUT2D eigenvalue weighted by molar-refractivity contribution is 0.356. The van der Waals surface area contributed by atoms with E-state index in [2.05, 4.69) is 0 Å². The van der Waals surface area contributed by atoms with Crippen molar-refractivity contribution in [3.8, 4) is 11.5 Å². The Balaban J connectivity index is 2.79. The summed E-state index contributed by atoms with van der Waals surface area (Å²) in [5.41, 5.74) is -0.00838. The Kier molecular flexibility index (Phi) is 3.04. The lowest BCUT2D eigenvalue weighted by Gasteiger charge is -2.10. The molecule has 0 atom stereocenters. The summed E-state index contributed by atoms with van der Waals surface area (Å²) in [5.74, 6) is 1.21. The van der Waals surface area contributed by atoms with Crippen molar-refractivity contribution in [2.45, 2.75) is 13.5 Å². The number of pyridine rings is 1. The Morgan fingerprint density at radius 2 is 1.82 bits per heavy atom. The van der Waals surface area contributed by atoms with E-state index < -0.39 is 0 Å². The summed E-state index contributed by atoms with van der Waals surface area (Å²) >= 11 is 0. The first kappa shape index (κ1) is 11.5. The Morgan fingerprint density at radius 1 is 1.18 bits per heavy atom. The highest BCUT2D eigenvalue weighted by Gasteiger charge is 2.09. The lowest BCUT2D eigenvalue weighted by atomic mass is 10.1. The first-order valence-corrected chi connectivity index (χ1v) is 5.46. The van der Waals surface area contributed by atoms with Crippen LogP contribution in [0.5, 0.6) is 11.5 Å². The molecule has 0 N–H and O–H groups in total. The van der Waals surface area contributed by atoms with E-state index in [0.717, 1.165) is 5.39 Å². The molecule has 2 aromatic rings. The quantitative estimate of drug-likeness (QED) is 0.814. The van der Waals surface area contributed by atoms with Gasteiger partial charge in [0.15, 0.2) is 11.5 Å². The van der Waals surface area contributed by atoms with E-state index in [4.69, 9.17) is 9.47 Å². The van der Waals surface area contributed by atoms with Crippen molar-refractivity contribution in [1.82, 2.24) is 4.57 Å². The van der Waals surface area contributed by atoms with Crippen LogP contribution in [0.2, 0.25) is 0 Å². The molecule has 2 rings (SSSR count). The number of hydrogen-bond acceptors (Lipinski definition) is 3. The van der Waals surface area contributed by atoms with E-state index in [1.54, 1.807) is 31.0 Å². The summed E-state index contributed by atoms with van der Waals surface area (Å²) in [6.07, 6.45) is 1.79. The zero-order valence-electron chi connectivity index (χ0n) is 10.2. The van der Waals surface area contributed by atoms with Crippen LogP contribution < -0.4 is 15.0 Å². The molecule has 4 heteroatoms. The summed E-state index contributed by atoms with van der Waals surface area (Å²) in [4.78, 5) is 12.1. The smallest absolute Gasteiger partial charge is 0.258 e. The van der Waals surface area contributed by atoms with Gasteiger partial charge in [0.05, 0.1) is 19.6 Å². The average Bonchev–Trinajstić information content (AvgIpc) is 2.38. The summed E-state index contributed by atoms with van der Waals surface area (Å²) in [6, 6.07) is 5.44. The molecule has 0 fully saturated rings. The zero-order valence-corrected chi connectivity index (χ0v) is 10.2. The van der Waals surface area contributed by atoms with Crippen LogP contribution in [0.4, 0.5) is 0 Å². The van der Waals surface area contributed by atoms with Gasteiger partial charge in [-0.1, -0.05) is 0 Å². The lowest BCUT2D eigenvalue weighted by Crippen LogP contribution is -2.18. The van der Waals surface area contributed by atoms with Gasteiger partial charge in [-0.2, -0.15) is 0 Å². The molecule has 4 nitrogen and oxygen atoms in total. The highest BCUT2D eigenvalue weighted by molar-refractivity contribution is 5.85. The van der Waals surface area contributed by atoms with Crippen molar-refractivity contribution in [3.63, 3.8) is 0 Å². The molecule has 0 saturated heterocycles. The van der Waals surface area contributed by atoms with Crippen LogP contribution in [0.15, 0.2) is 29.2 Å². The number of rotatable bonds is 3. The number of fused-ring (bicyclic) bond motifs is 1. The normalized spacial score (nSPS) is 10.5. The minimum atomic E-state index is -0.00838. The van der Waals surface area contributed by atoms with Crippen molar-refractivity contribution >= 4 is 10.8 Å². The van der Waals surface area contributed by atoms with E-state index in [0.29, 0.717) is 23.4 Å². The number of ether oxygens (including phenoxy) is 2. The first-order valence-electron chi connectivity index (χ1n) is 5.46. The van der Waals surface area contributed by atoms with E-state index in [9.17, 15) is 4.79 Å². The monoisotopic (exact) mass is 233 g/mol. The Bertz CT molecular complexity index is 601. The van der Waals surface area contributed by atoms with Crippen molar-refractivity contribution in [1.29, 1.82) is 0 Å². The fourth-order valence-corrected chi connectivity index (χ4v) is 1.86. The minimum absolute atomic E-state index is 0.00838. The summed E-state index contributed by atoms with van der Waals surface area (Å²) in [6.45, 7) is 2.59. The van der Waals surface area contributed by atoms with Gasteiger partial charge < -0.3 is 14.0 Å². The Labute approximate surface area is 99.4 Å².